The molecule has 3 aromatic rings. The van der Waals surface area contributed by atoms with Crippen molar-refractivity contribution < 1.29 is 4.79 Å². The van der Waals surface area contributed by atoms with Crippen LogP contribution >= 0.6 is 34.7 Å². The fourth-order valence-electron chi connectivity index (χ4n) is 2.05. The van der Waals surface area contributed by atoms with E-state index in [-0.39, 0.29) is 10.7 Å². The van der Waals surface area contributed by atoms with Crippen molar-refractivity contribution in [2.24, 2.45) is 0 Å². The van der Waals surface area contributed by atoms with Gasteiger partial charge in [0, 0.05) is 6.54 Å². The van der Waals surface area contributed by atoms with Crippen LogP contribution in [0.2, 0.25) is 9.36 Å². The highest BCUT2D eigenvalue weighted by molar-refractivity contribution is 7.11. The Hall–Kier alpha value is -1.63. The summed E-state index contributed by atoms with van der Waals surface area (Å²) in [5.74, 6) is 0.0389. The van der Waals surface area contributed by atoms with E-state index in [1.54, 1.807) is 0 Å². The van der Waals surface area contributed by atoms with Gasteiger partial charge in [0.05, 0.1) is 11.0 Å². The molecule has 21 heavy (non-hydrogen) atoms. The van der Waals surface area contributed by atoms with E-state index in [4.69, 9.17) is 23.2 Å². The predicted molar refractivity (Wildman–Crippen MR) is 85.5 cm³/mol. The molecule has 5 nitrogen and oxygen atoms in total. The van der Waals surface area contributed by atoms with E-state index in [0.29, 0.717) is 16.8 Å². The van der Waals surface area contributed by atoms with E-state index >= 15 is 0 Å². The quantitative estimate of drug-likeness (QED) is 0.781. The molecule has 0 fully saturated rings. The summed E-state index contributed by atoms with van der Waals surface area (Å²) in [6.45, 7) is 2.66. The van der Waals surface area contributed by atoms with Crippen molar-refractivity contribution in [3.63, 3.8) is 0 Å². The van der Waals surface area contributed by atoms with Crippen LogP contribution < -0.4 is 5.32 Å². The van der Waals surface area contributed by atoms with Gasteiger partial charge >= 0.3 is 0 Å². The molecular formula is C13H10Cl2N4OS. The topological polar surface area (TPSA) is 59.8 Å². The van der Waals surface area contributed by atoms with Gasteiger partial charge in [0.1, 0.15) is 9.36 Å². The summed E-state index contributed by atoms with van der Waals surface area (Å²) in [6, 6.07) is 7.68. The number of imidazole rings is 1. The van der Waals surface area contributed by atoms with Gasteiger partial charge in [-0.1, -0.05) is 35.3 Å². The molecule has 2 heterocycles. The Morgan fingerprint density at radius 1 is 1.38 bits per heavy atom. The number of aromatic nitrogens is 3. The zero-order valence-electron chi connectivity index (χ0n) is 10.9. The Morgan fingerprint density at radius 3 is 2.81 bits per heavy atom. The number of benzene rings is 1. The predicted octanol–water partition coefficient (Wildman–Crippen LogP) is 4.07. The normalized spacial score (nSPS) is 11.0. The molecule has 8 heteroatoms. The minimum Gasteiger partial charge on any atom is -0.310 e. The number of nitrogens with zero attached hydrogens (tertiary/aromatic N) is 3. The van der Waals surface area contributed by atoms with Gasteiger partial charge in [0.15, 0.2) is 5.69 Å². The minimum absolute atomic E-state index is 0.112. The highest BCUT2D eigenvalue weighted by Gasteiger charge is 2.20. The van der Waals surface area contributed by atoms with Crippen molar-refractivity contribution in [3.8, 4) is 0 Å². The molecule has 0 radical (unpaired) electrons. The van der Waals surface area contributed by atoms with Crippen LogP contribution in [-0.2, 0) is 6.54 Å². The Bertz CT molecular complexity index is 827. The second-order valence-corrected chi connectivity index (χ2v) is 5.99. The summed E-state index contributed by atoms with van der Waals surface area (Å²) in [4.78, 5) is 16.6. The lowest BCUT2D eigenvalue weighted by Gasteiger charge is -2.06. The number of aryl methyl sites for hydroxylation is 1. The maximum atomic E-state index is 12.2. The highest BCUT2D eigenvalue weighted by Crippen LogP contribution is 2.30. The lowest BCUT2D eigenvalue weighted by atomic mass is 10.3. The largest absolute Gasteiger partial charge is 0.310 e. The number of hydrogen-bond acceptors (Lipinski definition) is 4. The Labute approximate surface area is 134 Å². The van der Waals surface area contributed by atoms with Crippen LogP contribution in [0.15, 0.2) is 24.3 Å². The average molecular weight is 341 g/mol. The second-order valence-electron chi connectivity index (χ2n) is 4.24. The molecule has 0 saturated heterocycles. The molecule has 1 amide bonds. The Balaban J connectivity index is 1.98. The van der Waals surface area contributed by atoms with Crippen molar-refractivity contribution in [3.05, 3.63) is 39.3 Å². The lowest BCUT2D eigenvalue weighted by Crippen LogP contribution is -2.16. The third kappa shape index (κ3) is 2.50. The standard InChI is InChI=1S/C13H10Cl2N4OS/c1-2-19-8-6-4-3-5-7(8)16-13(19)17-12(20)10-9(14)11(15)21-18-10/h3-6H,2H2,1H3,(H,16,17,20). The summed E-state index contributed by atoms with van der Waals surface area (Å²) in [5, 5.41) is 2.90. The van der Waals surface area contributed by atoms with Gasteiger partial charge in [-0.3, -0.25) is 10.1 Å². The SMILES string of the molecule is CCn1c(NC(=O)c2nsc(Cl)c2Cl)nc2ccccc21. The smallest absolute Gasteiger partial charge is 0.279 e. The highest BCUT2D eigenvalue weighted by atomic mass is 35.5. The number of carbonyl (C=O) groups is 1. The van der Waals surface area contributed by atoms with E-state index in [0.717, 1.165) is 22.6 Å². The first-order valence-electron chi connectivity index (χ1n) is 6.19. The minimum atomic E-state index is -0.423. The van der Waals surface area contributed by atoms with Gasteiger partial charge in [-0.05, 0) is 30.6 Å². The monoisotopic (exact) mass is 340 g/mol. The number of para-hydroxylation sites is 2. The van der Waals surface area contributed by atoms with E-state index in [2.05, 4.69) is 14.7 Å². The zero-order valence-corrected chi connectivity index (χ0v) is 13.3. The molecule has 0 atom stereocenters. The molecule has 3 rings (SSSR count). The molecule has 0 bridgehead atoms. The molecule has 0 aliphatic heterocycles. The van der Waals surface area contributed by atoms with Gasteiger partial charge in [-0.2, -0.15) is 4.37 Å². The lowest BCUT2D eigenvalue weighted by molar-refractivity contribution is 0.102. The molecule has 1 N–H and O–H groups in total. The molecule has 108 valence electrons. The zero-order chi connectivity index (χ0) is 15.0. The van der Waals surface area contributed by atoms with E-state index in [1.807, 2.05) is 35.8 Å². The van der Waals surface area contributed by atoms with Crippen LogP contribution in [0.3, 0.4) is 0 Å². The van der Waals surface area contributed by atoms with Crippen LogP contribution in [0.1, 0.15) is 17.4 Å². The summed E-state index contributed by atoms with van der Waals surface area (Å²) in [5.41, 5.74) is 1.89. The van der Waals surface area contributed by atoms with E-state index < -0.39 is 5.91 Å². The first-order chi connectivity index (χ1) is 10.1. The van der Waals surface area contributed by atoms with Crippen LogP contribution in [0.4, 0.5) is 5.95 Å². The fraction of sp³-hybridized carbons (Fsp3) is 0.154. The molecule has 0 spiro atoms. The molecule has 0 saturated carbocycles. The van der Waals surface area contributed by atoms with Gasteiger partial charge in [-0.15, -0.1) is 0 Å². The summed E-state index contributed by atoms with van der Waals surface area (Å²) >= 11 is 12.8. The van der Waals surface area contributed by atoms with Gasteiger partial charge in [-0.25, -0.2) is 4.98 Å². The van der Waals surface area contributed by atoms with Crippen molar-refractivity contribution >= 4 is 57.6 Å². The summed E-state index contributed by atoms with van der Waals surface area (Å²) in [7, 11) is 0. The number of anilines is 1. The molecule has 2 aromatic heterocycles. The number of carbonyl (C=O) groups excluding carboxylic acids is 1. The average Bonchev–Trinajstić information content (AvgIpc) is 2.99. The molecule has 0 unspecified atom stereocenters. The van der Waals surface area contributed by atoms with Crippen molar-refractivity contribution in [2.75, 3.05) is 5.32 Å². The maximum Gasteiger partial charge on any atom is 0.279 e. The summed E-state index contributed by atoms with van der Waals surface area (Å²) in [6.07, 6.45) is 0. The van der Waals surface area contributed by atoms with Gasteiger partial charge in [0.2, 0.25) is 5.95 Å². The van der Waals surface area contributed by atoms with Crippen LogP contribution in [0.5, 0.6) is 0 Å². The first-order valence-corrected chi connectivity index (χ1v) is 7.72. The number of amides is 1. The van der Waals surface area contributed by atoms with Gasteiger partial charge < -0.3 is 4.57 Å². The molecular weight excluding hydrogens is 331 g/mol. The maximum absolute atomic E-state index is 12.2. The van der Waals surface area contributed by atoms with Crippen molar-refractivity contribution in [2.45, 2.75) is 13.5 Å². The fourth-order valence-corrected chi connectivity index (χ4v) is 3.05. The van der Waals surface area contributed by atoms with Crippen molar-refractivity contribution in [1.29, 1.82) is 0 Å². The third-order valence-corrected chi connectivity index (χ3v) is 4.62. The van der Waals surface area contributed by atoms with Crippen molar-refractivity contribution in [1.82, 2.24) is 13.9 Å². The Kier molecular flexibility index (Phi) is 3.84. The van der Waals surface area contributed by atoms with Crippen LogP contribution in [-0.4, -0.2) is 19.8 Å². The molecule has 1 aromatic carbocycles. The van der Waals surface area contributed by atoms with Gasteiger partial charge in [0.25, 0.3) is 5.91 Å². The number of fused-ring (bicyclic) bond motifs is 1. The first kappa shape index (κ1) is 14.3. The second kappa shape index (κ2) is 5.63. The number of hydrogen-bond donors (Lipinski definition) is 1. The Morgan fingerprint density at radius 2 is 2.14 bits per heavy atom. The van der Waals surface area contributed by atoms with Crippen LogP contribution in [0.25, 0.3) is 11.0 Å². The van der Waals surface area contributed by atoms with E-state index in [9.17, 15) is 4.79 Å². The van der Waals surface area contributed by atoms with Crippen LogP contribution in [0, 0.1) is 0 Å². The molecule has 0 aliphatic rings. The number of halogens is 2. The molecule has 0 aliphatic carbocycles. The number of rotatable bonds is 3. The number of nitrogens with one attached hydrogen (secondary N) is 1. The summed E-state index contributed by atoms with van der Waals surface area (Å²) < 4.78 is 6.16. The van der Waals surface area contributed by atoms with E-state index in [1.165, 1.54) is 0 Å². The third-order valence-electron chi connectivity index (χ3n) is 3.01.